The van der Waals surface area contributed by atoms with Crippen LogP contribution in [0.3, 0.4) is 0 Å². The summed E-state index contributed by atoms with van der Waals surface area (Å²) < 4.78 is 5.20. The summed E-state index contributed by atoms with van der Waals surface area (Å²) in [6.45, 7) is 5.35. The Hall–Kier alpha value is -0.650. The van der Waals surface area contributed by atoms with Crippen molar-refractivity contribution < 1.29 is 14.6 Å². The highest BCUT2D eigenvalue weighted by Crippen LogP contribution is 1.98. The molecule has 2 N–H and O–H groups in total. The molecule has 0 aromatic heterocycles. The molecule has 0 aliphatic carbocycles. The molecule has 0 saturated carbocycles. The molecule has 14 heavy (non-hydrogen) atoms. The lowest BCUT2D eigenvalue weighted by Crippen LogP contribution is -2.48. The van der Waals surface area contributed by atoms with Crippen LogP contribution in [0.4, 0.5) is 0 Å². The highest BCUT2D eigenvalue weighted by atomic mass is 16.5. The molecule has 0 aromatic carbocycles. The Bertz CT molecular complexity index is 181. The number of aliphatic hydroxyl groups is 1. The number of ether oxygens (including phenoxy) is 1. The maximum absolute atomic E-state index is 10.8. The molecule has 1 rings (SSSR count). The highest BCUT2D eigenvalue weighted by Gasteiger charge is 2.16. The Balaban J connectivity index is 2.27. The second-order valence-electron chi connectivity index (χ2n) is 3.49. The topological polar surface area (TPSA) is 61.8 Å². The van der Waals surface area contributed by atoms with E-state index in [0.717, 1.165) is 26.3 Å². The summed E-state index contributed by atoms with van der Waals surface area (Å²) in [5.74, 6) is -0.0997. The molecule has 82 valence electrons. The first-order valence-corrected chi connectivity index (χ1v) is 4.90. The summed E-state index contributed by atoms with van der Waals surface area (Å²) >= 11 is 0. The minimum Gasteiger partial charge on any atom is -0.394 e. The zero-order valence-corrected chi connectivity index (χ0v) is 8.53. The van der Waals surface area contributed by atoms with Gasteiger partial charge in [-0.2, -0.15) is 0 Å². The van der Waals surface area contributed by atoms with Crippen LogP contribution in [-0.2, 0) is 9.53 Å². The maximum atomic E-state index is 10.8. The normalized spacial score (nSPS) is 20.4. The second kappa shape index (κ2) is 5.95. The Morgan fingerprint density at radius 1 is 1.57 bits per heavy atom. The van der Waals surface area contributed by atoms with Gasteiger partial charge in [0, 0.05) is 26.6 Å². The van der Waals surface area contributed by atoms with Gasteiger partial charge in [-0.1, -0.05) is 0 Å². The zero-order valence-electron chi connectivity index (χ0n) is 8.53. The van der Waals surface area contributed by atoms with Crippen molar-refractivity contribution in [2.24, 2.45) is 0 Å². The molecule has 5 heteroatoms. The molecule has 5 nitrogen and oxygen atoms in total. The summed E-state index contributed by atoms with van der Waals surface area (Å²) in [6, 6.07) is -0.161. The first kappa shape index (κ1) is 11.4. The zero-order chi connectivity index (χ0) is 10.4. The third-order valence-electron chi connectivity index (χ3n) is 2.21. The van der Waals surface area contributed by atoms with E-state index in [1.807, 2.05) is 0 Å². The van der Waals surface area contributed by atoms with Crippen molar-refractivity contribution in [3.8, 4) is 0 Å². The van der Waals surface area contributed by atoms with E-state index >= 15 is 0 Å². The van der Waals surface area contributed by atoms with Crippen molar-refractivity contribution in [1.82, 2.24) is 10.2 Å². The van der Waals surface area contributed by atoms with E-state index in [4.69, 9.17) is 9.84 Å². The molecule has 0 spiro atoms. The van der Waals surface area contributed by atoms with Gasteiger partial charge in [0.15, 0.2) is 0 Å². The van der Waals surface area contributed by atoms with Crippen LogP contribution in [0, 0.1) is 0 Å². The maximum Gasteiger partial charge on any atom is 0.217 e. The number of carbonyl (C=O) groups excluding carboxylic acids is 1. The molecule has 1 heterocycles. The minimum atomic E-state index is -0.161. The predicted molar refractivity (Wildman–Crippen MR) is 51.9 cm³/mol. The number of nitrogens with one attached hydrogen (secondary N) is 1. The van der Waals surface area contributed by atoms with Crippen LogP contribution in [0.2, 0.25) is 0 Å². The molecule has 1 aliphatic heterocycles. The van der Waals surface area contributed by atoms with E-state index in [1.165, 1.54) is 6.92 Å². The minimum absolute atomic E-state index is 0.0169. The Morgan fingerprint density at radius 2 is 2.21 bits per heavy atom. The third kappa shape index (κ3) is 4.04. The largest absolute Gasteiger partial charge is 0.394 e. The first-order valence-electron chi connectivity index (χ1n) is 4.90. The molecule has 1 atom stereocenters. The van der Waals surface area contributed by atoms with Crippen LogP contribution in [0.15, 0.2) is 0 Å². The van der Waals surface area contributed by atoms with Crippen molar-refractivity contribution >= 4 is 5.91 Å². The quantitative estimate of drug-likeness (QED) is 0.602. The van der Waals surface area contributed by atoms with Gasteiger partial charge in [0.25, 0.3) is 0 Å². The van der Waals surface area contributed by atoms with E-state index in [-0.39, 0.29) is 18.6 Å². The third-order valence-corrected chi connectivity index (χ3v) is 2.21. The molecule has 0 unspecified atom stereocenters. The van der Waals surface area contributed by atoms with Crippen LogP contribution in [0.1, 0.15) is 6.92 Å². The van der Waals surface area contributed by atoms with E-state index in [0.29, 0.717) is 6.54 Å². The van der Waals surface area contributed by atoms with Crippen LogP contribution in [0.5, 0.6) is 0 Å². The molecule has 0 radical (unpaired) electrons. The molecule has 1 aliphatic rings. The average Bonchev–Trinajstić information content (AvgIpc) is 2.17. The summed E-state index contributed by atoms with van der Waals surface area (Å²) in [5.41, 5.74) is 0. The van der Waals surface area contributed by atoms with Gasteiger partial charge >= 0.3 is 0 Å². The highest BCUT2D eigenvalue weighted by molar-refractivity contribution is 5.73. The standard InChI is InChI=1S/C9H18N2O3/c1-8(13)10-9(7-12)6-11-2-4-14-5-3-11/h9,12H,2-7H2,1H3,(H,10,13)/t9-/m0/s1. The lowest BCUT2D eigenvalue weighted by molar-refractivity contribution is -0.120. The Kier molecular flexibility index (Phi) is 4.86. The summed E-state index contributed by atoms with van der Waals surface area (Å²) in [7, 11) is 0. The molecule has 1 saturated heterocycles. The average molecular weight is 202 g/mol. The Labute approximate surface area is 84.0 Å². The predicted octanol–water partition coefficient (Wildman–Crippen LogP) is -1.18. The Morgan fingerprint density at radius 3 is 2.71 bits per heavy atom. The van der Waals surface area contributed by atoms with Crippen molar-refractivity contribution in [2.45, 2.75) is 13.0 Å². The number of carbonyl (C=O) groups is 1. The van der Waals surface area contributed by atoms with Crippen molar-refractivity contribution in [3.05, 3.63) is 0 Å². The van der Waals surface area contributed by atoms with Crippen LogP contribution in [-0.4, -0.2) is 61.4 Å². The van der Waals surface area contributed by atoms with Crippen LogP contribution < -0.4 is 5.32 Å². The molecule has 0 bridgehead atoms. The van der Waals surface area contributed by atoms with Crippen molar-refractivity contribution in [2.75, 3.05) is 39.5 Å². The summed E-state index contributed by atoms with van der Waals surface area (Å²) in [4.78, 5) is 13.0. The van der Waals surface area contributed by atoms with Crippen molar-refractivity contribution in [1.29, 1.82) is 0 Å². The van der Waals surface area contributed by atoms with Gasteiger partial charge in [0.05, 0.1) is 25.9 Å². The number of hydrogen-bond acceptors (Lipinski definition) is 4. The number of aliphatic hydroxyl groups excluding tert-OH is 1. The smallest absolute Gasteiger partial charge is 0.217 e. The fraction of sp³-hybridized carbons (Fsp3) is 0.889. The van der Waals surface area contributed by atoms with Crippen LogP contribution >= 0.6 is 0 Å². The van der Waals surface area contributed by atoms with E-state index in [1.54, 1.807) is 0 Å². The van der Waals surface area contributed by atoms with E-state index < -0.39 is 0 Å². The van der Waals surface area contributed by atoms with Gasteiger partial charge < -0.3 is 15.2 Å². The lowest BCUT2D eigenvalue weighted by atomic mass is 10.2. The number of morpholine rings is 1. The lowest BCUT2D eigenvalue weighted by Gasteiger charge is -2.29. The van der Waals surface area contributed by atoms with Gasteiger partial charge in [-0.05, 0) is 0 Å². The van der Waals surface area contributed by atoms with Gasteiger partial charge in [0.1, 0.15) is 0 Å². The fourth-order valence-corrected chi connectivity index (χ4v) is 1.53. The molecular weight excluding hydrogens is 184 g/mol. The molecule has 1 fully saturated rings. The van der Waals surface area contributed by atoms with Crippen LogP contribution in [0.25, 0.3) is 0 Å². The molecule has 1 amide bonds. The fourth-order valence-electron chi connectivity index (χ4n) is 1.53. The summed E-state index contributed by atoms with van der Waals surface area (Å²) in [6.07, 6.45) is 0. The van der Waals surface area contributed by atoms with Crippen molar-refractivity contribution in [3.63, 3.8) is 0 Å². The monoisotopic (exact) mass is 202 g/mol. The second-order valence-corrected chi connectivity index (χ2v) is 3.49. The van der Waals surface area contributed by atoms with Gasteiger partial charge in [-0.25, -0.2) is 0 Å². The number of amides is 1. The first-order chi connectivity index (χ1) is 6.72. The summed E-state index contributed by atoms with van der Waals surface area (Å²) in [5, 5.41) is 11.7. The van der Waals surface area contributed by atoms with E-state index in [2.05, 4.69) is 10.2 Å². The molecule has 0 aromatic rings. The van der Waals surface area contributed by atoms with Gasteiger partial charge in [-0.3, -0.25) is 9.69 Å². The van der Waals surface area contributed by atoms with Gasteiger partial charge in [-0.15, -0.1) is 0 Å². The number of nitrogens with zero attached hydrogens (tertiary/aromatic N) is 1. The van der Waals surface area contributed by atoms with E-state index in [9.17, 15) is 4.79 Å². The molecular formula is C9H18N2O3. The SMILES string of the molecule is CC(=O)N[C@H](CO)CN1CCOCC1. The number of rotatable bonds is 4. The van der Waals surface area contributed by atoms with Gasteiger partial charge in [0.2, 0.25) is 5.91 Å². The number of hydrogen-bond donors (Lipinski definition) is 2.